The number of carbonyl (C=O) groups excluding carboxylic acids is 1. The van der Waals surface area contributed by atoms with Crippen molar-refractivity contribution in [2.45, 2.75) is 31.2 Å². The van der Waals surface area contributed by atoms with E-state index >= 15 is 0 Å². The molecule has 0 saturated heterocycles. The molecule has 1 N–H and O–H groups in total. The molecule has 3 rings (SSSR count). The van der Waals surface area contributed by atoms with E-state index in [1.54, 1.807) is 25.3 Å². The second kappa shape index (κ2) is 9.13. The first kappa shape index (κ1) is 20.9. The number of para-hydroxylation sites is 3. The zero-order chi connectivity index (χ0) is 21.0. The second-order valence-electron chi connectivity index (χ2n) is 7.12. The number of amides is 1. The van der Waals surface area contributed by atoms with E-state index in [1.807, 2.05) is 51.1 Å². The van der Waals surface area contributed by atoms with Crippen LogP contribution in [0.1, 0.15) is 20.8 Å². The molecule has 0 saturated carbocycles. The number of fused-ring (bicyclic) bond motifs is 1. The molecule has 1 amide bonds. The maximum atomic E-state index is 13.3. The van der Waals surface area contributed by atoms with Crippen LogP contribution in [0.15, 0.2) is 58.5 Å². The van der Waals surface area contributed by atoms with E-state index in [-0.39, 0.29) is 11.5 Å². The molecular weight excluding hydrogens is 386 g/mol. The van der Waals surface area contributed by atoms with Gasteiger partial charge in [0, 0.05) is 6.54 Å². The lowest BCUT2D eigenvalue weighted by molar-refractivity contribution is -0.120. The summed E-state index contributed by atoms with van der Waals surface area (Å²) >= 11 is 1.26. The quantitative estimate of drug-likeness (QED) is 0.475. The van der Waals surface area contributed by atoms with E-state index in [4.69, 9.17) is 9.72 Å². The number of hydrogen-bond acceptors (Lipinski definition) is 5. The van der Waals surface area contributed by atoms with Crippen LogP contribution >= 0.6 is 11.8 Å². The van der Waals surface area contributed by atoms with Crippen molar-refractivity contribution in [2.24, 2.45) is 5.92 Å². The number of nitrogens with zero attached hydrogens (tertiary/aromatic N) is 2. The fourth-order valence-electron chi connectivity index (χ4n) is 2.88. The van der Waals surface area contributed by atoms with Gasteiger partial charge < -0.3 is 10.1 Å². The molecule has 29 heavy (non-hydrogen) atoms. The minimum absolute atomic E-state index is 0.0855. The van der Waals surface area contributed by atoms with Gasteiger partial charge in [0.15, 0.2) is 5.16 Å². The minimum atomic E-state index is -0.414. The Morgan fingerprint density at radius 2 is 1.83 bits per heavy atom. The van der Waals surface area contributed by atoms with Crippen molar-refractivity contribution in [1.82, 2.24) is 14.9 Å². The van der Waals surface area contributed by atoms with Crippen LogP contribution < -0.4 is 15.6 Å². The number of thioether (sulfide) groups is 1. The molecular formula is C22H25N3O3S. The van der Waals surface area contributed by atoms with Gasteiger partial charge in [0.25, 0.3) is 5.56 Å². The fourth-order valence-corrected chi connectivity index (χ4v) is 3.82. The van der Waals surface area contributed by atoms with Crippen LogP contribution in [-0.2, 0) is 4.79 Å². The number of ether oxygens (including phenoxy) is 1. The summed E-state index contributed by atoms with van der Waals surface area (Å²) in [6.45, 7) is 6.51. The van der Waals surface area contributed by atoms with Crippen LogP contribution in [0.4, 0.5) is 0 Å². The Labute approximate surface area is 174 Å². The Balaban J connectivity index is 2.10. The zero-order valence-electron chi connectivity index (χ0n) is 17.0. The van der Waals surface area contributed by atoms with E-state index in [9.17, 15) is 9.59 Å². The van der Waals surface area contributed by atoms with Gasteiger partial charge in [-0.25, -0.2) is 4.98 Å². The van der Waals surface area contributed by atoms with Gasteiger partial charge in [-0.2, -0.15) is 0 Å². The van der Waals surface area contributed by atoms with E-state index in [0.717, 1.165) is 0 Å². The molecule has 0 radical (unpaired) electrons. The van der Waals surface area contributed by atoms with Gasteiger partial charge in [0.2, 0.25) is 5.91 Å². The highest BCUT2D eigenvalue weighted by Crippen LogP contribution is 2.29. The maximum absolute atomic E-state index is 13.3. The van der Waals surface area contributed by atoms with Crippen molar-refractivity contribution in [2.75, 3.05) is 13.7 Å². The van der Waals surface area contributed by atoms with Crippen molar-refractivity contribution in [3.63, 3.8) is 0 Å². The summed E-state index contributed by atoms with van der Waals surface area (Å²) in [7, 11) is 1.56. The van der Waals surface area contributed by atoms with Crippen LogP contribution in [0.3, 0.4) is 0 Å². The highest BCUT2D eigenvalue weighted by molar-refractivity contribution is 8.00. The van der Waals surface area contributed by atoms with Crippen LogP contribution in [0.2, 0.25) is 0 Å². The first-order valence-corrected chi connectivity index (χ1v) is 10.4. The highest BCUT2D eigenvalue weighted by Gasteiger charge is 2.21. The zero-order valence-corrected chi connectivity index (χ0v) is 17.8. The Morgan fingerprint density at radius 3 is 2.55 bits per heavy atom. The van der Waals surface area contributed by atoms with Crippen molar-refractivity contribution in [3.05, 3.63) is 58.9 Å². The van der Waals surface area contributed by atoms with E-state index < -0.39 is 5.25 Å². The third kappa shape index (κ3) is 4.62. The lowest BCUT2D eigenvalue weighted by atomic mass is 10.2. The molecule has 2 aromatic carbocycles. The summed E-state index contributed by atoms with van der Waals surface area (Å²) in [5.41, 5.74) is 0.994. The first-order chi connectivity index (χ1) is 13.9. The molecule has 3 aromatic rings. The highest BCUT2D eigenvalue weighted by atomic mass is 32.2. The Kier molecular flexibility index (Phi) is 6.59. The van der Waals surface area contributed by atoms with Gasteiger partial charge in [0.05, 0.1) is 29.0 Å². The lowest BCUT2D eigenvalue weighted by Crippen LogP contribution is -2.34. The third-order valence-electron chi connectivity index (χ3n) is 4.41. The van der Waals surface area contributed by atoms with E-state index in [1.165, 1.54) is 16.3 Å². The number of carbonyl (C=O) groups is 1. The SMILES string of the molecule is COc1ccccc1-n1c(S[C@H](C)C(=O)NCC(C)C)nc2ccccc2c1=O. The summed E-state index contributed by atoms with van der Waals surface area (Å²) < 4.78 is 6.99. The van der Waals surface area contributed by atoms with Crippen LogP contribution in [0.25, 0.3) is 16.6 Å². The van der Waals surface area contributed by atoms with E-state index in [0.29, 0.717) is 40.0 Å². The molecule has 0 fully saturated rings. The summed E-state index contributed by atoms with van der Waals surface area (Å²) in [4.78, 5) is 30.5. The number of benzene rings is 2. The van der Waals surface area contributed by atoms with Crippen molar-refractivity contribution >= 4 is 28.6 Å². The lowest BCUT2D eigenvalue weighted by Gasteiger charge is -2.18. The number of methoxy groups -OCH3 is 1. The molecule has 0 spiro atoms. The summed E-state index contributed by atoms with van der Waals surface area (Å²) in [5.74, 6) is 0.838. The summed E-state index contributed by atoms with van der Waals surface area (Å²) in [6, 6.07) is 14.5. The van der Waals surface area contributed by atoms with Gasteiger partial charge >= 0.3 is 0 Å². The Morgan fingerprint density at radius 1 is 1.14 bits per heavy atom. The average Bonchev–Trinajstić information content (AvgIpc) is 2.72. The van der Waals surface area contributed by atoms with Crippen molar-refractivity contribution in [3.8, 4) is 11.4 Å². The third-order valence-corrected chi connectivity index (χ3v) is 5.46. The predicted octanol–water partition coefficient (Wildman–Crippen LogP) is 3.65. The number of rotatable bonds is 7. The van der Waals surface area contributed by atoms with Crippen LogP contribution in [0, 0.1) is 5.92 Å². The summed E-state index contributed by atoms with van der Waals surface area (Å²) in [6.07, 6.45) is 0. The molecule has 0 aliphatic rings. The van der Waals surface area contributed by atoms with Gasteiger partial charge in [0.1, 0.15) is 5.75 Å². The molecule has 1 atom stereocenters. The van der Waals surface area contributed by atoms with Crippen LogP contribution in [0.5, 0.6) is 5.75 Å². The molecule has 0 aliphatic carbocycles. The van der Waals surface area contributed by atoms with Crippen LogP contribution in [-0.4, -0.2) is 34.4 Å². The largest absolute Gasteiger partial charge is 0.495 e. The standard InChI is InChI=1S/C22H25N3O3S/c1-14(2)13-23-20(26)15(3)29-22-24-17-10-6-5-9-16(17)21(27)25(22)18-11-7-8-12-19(18)28-4/h5-12,14-15H,13H2,1-4H3,(H,23,26)/t15-/m1/s1. The molecule has 0 bridgehead atoms. The monoisotopic (exact) mass is 411 g/mol. The van der Waals surface area contributed by atoms with Gasteiger partial charge in [-0.05, 0) is 37.1 Å². The molecule has 7 heteroatoms. The molecule has 1 heterocycles. The molecule has 0 aliphatic heterocycles. The van der Waals surface area contributed by atoms with Gasteiger partial charge in [-0.3, -0.25) is 14.2 Å². The van der Waals surface area contributed by atoms with Gasteiger partial charge in [-0.1, -0.05) is 49.9 Å². The predicted molar refractivity (Wildman–Crippen MR) is 117 cm³/mol. The number of nitrogens with one attached hydrogen (secondary N) is 1. The average molecular weight is 412 g/mol. The molecule has 6 nitrogen and oxygen atoms in total. The normalized spacial score (nSPS) is 12.2. The topological polar surface area (TPSA) is 73.2 Å². The number of hydrogen-bond donors (Lipinski definition) is 1. The maximum Gasteiger partial charge on any atom is 0.266 e. The van der Waals surface area contributed by atoms with Gasteiger partial charge in [-0.15, -0.1) is 0 Å². The Hall–Kier alpha value is -2.80. The summed E-state index contributed by atoms with van der Waals surface area (Å²) in [5, 5.41) is 3.48. The molecule has 1 aromatic heterocycles. The fraction of sp³-hybridized carbons (Fsp3) is 0.318. The first-order valence-electron chi connectivity index (χ1n) is 9.52. The molecule has 152 valence electrons. The van der Waals surface area contributed by atoms with E-state index in [2.05, 4.69) is 5.32 Å². The van der Waals surface area contributed by atoms with Crippen molar-refractivity contribution in [1.29, 1.82) is 0 Å². The Bertz CT molecular complexity index is 1080. The number of aromatic nitrogens is 2. The molecule has 0 unspecified atom stereocenters. The second-order valence-corrected chi connectivity index (χ2v) is 8.43. The van der Waals surface area contributed by atoms with Crippen molar-refractivity contribution < 1.29 is 9.53 Å². The smallest absolute Gasteiger partial charge is 0.266 e. The minimum Gasteiger partial charge on any atom is -0.495 e.